The van der Waals surface area contributed by atoms with Gasteiger partial charge in [0.1, 0.15) is 5.70 Å². The number of benzene rings is 1. The molecule has 32 heavy (non-hydrogen) atoms. The molecule has 1 fully saturated rings. The summed E-state index contributed by atoms with van der Waals surface area (Å²) >= 11 is 5.12. The fourth-order valence-electron chi connectivity index (χ4n) is 3.16. The molecular weight excluding hydrogens is 458 g/mol. The highest BCUT2D eigenvalue weighted by molar-refractivity contribution is 7.85. The minimum Gasteiger partial charge on any atom is -0.748 e. The second kappa shape index (κ2) is 9.10. The standard InChI is InChI=1S/C20H21N3O7S2/c1-13(11-15-19(26)23(12-18(24)25)20(31)21(15)2)7-8-17-22(9-10-32(27,28)29)14-5-3-4-6-16(14)30-17/h3-8,11H,9-10,12H2,1-2H3,(H,24,25)(H,27,28,29)/p-2/b13-7+,15-11+,17-8-. The largest absolute Gasteiger partial charge is 0.748 e. The molecule has 1 saturated heterocycles. The number of allylic oxidation sites excluding steroid dienone is 4. The quantitative estimate of drug-likeness (QED) is 0.298. The van der Waals surface area contributed by atoms with Gasteiger partial charge in [-0.3, -0.25) is 9.69 Å². The van der Waals surface area contributed by atoms with Crippen LogP contribution in [0.3, 0.4) is 0 Å². The lowest BCUT2D eigenvalue weighted by Crippen LogP contribution is -2.41. The predicted molar refractivity (Wildman–Crippen MR) is 116 cm³/mol. The number of fused-ring (bicyclic) bond motifs is 1. The van der Waals surface area contributed by atoms with Gasteiger partial charge < -0.3 is 29.0 Å². The highest BCUT2D eigenvalue weighted by Gasteiger charge is 2.35. The van der Waals surface area contributed by atoms with Gasteiger partial charge in [-0.25, -0.2) is 8.42 Å². The number of aliphatic carboxylic acids is 1. The van der Waals surface area contributed by atoms with Crippen molar-refractivity contribution in [1.82, 2.24) is 9.80 Å². The van der Waals surface area contributed by atoms with Crippen LogP contribution in [0.25, 0.3) is 0 Å². The molecule has 10 nitrogen and oxygen atoms in total. The van der Waals surface area contributed by atoms with Gasteiger partial charge in [0.05, 0.1) is 34.1 Å². The van der Waals surface area contributed by atoms with E-state index in [0.717, 1.165) is 4.90 Å². The lowest BCUT2D eigenvalue weighted by molar-refractivity contribution is -0.305. The Kier molecular flexibility index (Phi) is 6.67. The van der Waals surface area contributed by atoms with E-state index < -0.39 is 34.3 Å². The van der Waals surface area contributed by atoms with Crippen molar-refractivity contribution in [2.75, 3.05) is 30.8 Å². The normalized spacial score (nSPS) is 19.2. The molecule has 12 heteroatoms. The summed E-state index contributed by atoms with van der Waals surface area (Å²) in [5.41, 5.74) is 1.43. The van der Waals surface area contributed by atoms with Crippen LogP contribution in [-0.2, 0) is 19.7 Å². The highest BCUT2D eigenvalue weighted by atomic mass is 32.2. The molecule has 3 rings (SSSR count). The first-order valence-electron chi connectivity index (χ1n) is 9.35. The van der Waals surface area contributed by atoms with Crippen molar-refractivity contribution in [1.29, 1.82) is 0 Å². The average Bonchev–Trinajstić information content (AvgIpc) is 3.16. The summed E-state index contributed by atoms with van der Waals surface area (Å²) in [6.45, 7) is 0.982. The molecule has 1 amide bonds. The second-order valence-electron chi connectivity index (χ2n) is 7.03. The molecule has 0 bridgehead atoms. The second-order valence-corrected chi connectivity index (χ2v) is 8.92. The maximum absolute atomic E-state index is 12.5. The maximum atomic E-state index is 12.5. The van der Waals surface area contributed by atoms with E-state index in [2.05, 4.69) is 0 Å². The predicted octanol–water partition coefficient (Wildman–Crippen LogP) is -0.0890. The van der Waals surface area contributed by atoms with Gasteiger partial charge >= 0.3 is 0 Å². The van der Waals surface area contributed by atoms with Crippen LogP contribution in [0, 0.1) is 0 Å². The molecular formula is C20H19N3O7S2-2. The molecule has 0 unspecified atom stereocenters. The Balaban J connectivity index is 1.85. The van der Waals surface area contributed by atoms with Gasteiger partial charge in [-0.15, -0.1) is 0 Å². The number of para-hydroxylation sites is 2. The summed E-state index contributed by atoms with van der Waals surface area (Å²) in [7, 11) is -2.87. The van der Waals surface area contributed by atoms with Gasteiger partial charge in [0.25, 0.3) is 5.91 Å². The summed E-state index contributed by atoms with van der Waals surface area (Å²) in [6.07, 6.45) is 4.76. The van der Waals surface area contributed by atoms with Crippen molar-refractivity contribution >= 4 is 45.0 Å². The van der Waals surface area contributed by atoms with Gasteiger partial charge in [0, 0.05) is 13.6 Å². The van der Waals surface area contributed by atoms with Crippen LogP contribution < -0.4 is 14.7 Å². The zero-order valence-corrected chi connectivity index (χ0v) is 18.8. The number of anilines is 1. The Bertz CT molecular complexity index is 1170. The number of amides is 1. The summed E-state index contributed by atoms with van der Waals surface area (Å²) in [5.74, 6) is -1.76. The number of ether oxygens (including phenoxy) is 1. The molecule has 0 N–H and O–H groups in total. The fourth-order valence-corrected chi connectivity index (χ4v) is 3.81. The monoisotopic (exact) mass is 477 g/mol. The van der Waals surface area contributed by atoms with Gasteiger partial charge in [-0.05, 0) is 49.0 Å². The van der Waals surface area contributed by atoms with E-state index >= 15 is 0 Å². The number of carboxylic acids is 1. The van der Waals surface area contributed by atoms with E-state index in [1.165, 1.54) is 11.0 Å². The number of likely N-dealkylation sites (N-methyl/N-ethyl adjacent to an activating group) is 1. The first-order chi connectivity index (χ1) is 15.0. The minimum absolute atomic E-state index is 0.0520. The number of carboxylic acid groups (broad SMARTS) is 1. The van der Waals surface area contributed by atoms with E-state index in [0.29, 0.717) is 22.9 Å². The van der Waals surface area contributed by atoms with E-state index in [1.807, 2.05) is 0 Å². The molecule has 2 aliphatic heterocycles. The van der Waals surface area contributed by atoms with Crippen LogP contribution >= 0.6 is 12.2 Å². The number of carbonyl (C=O) groups excluding carboxylic acids is 2. The van der Waals surface area contributed by atoms with Crippen LogP contribution in [-0.4, -0.2) is 65.6 Å². The molecule has 1 aromatic rings. The third kappa shape index (κ3) is 5.15. The number of hydrogen-bond donors (Lipinski definition) is 0. The number of carbonyl (C=O) groups is 2. The lowest BCUT2D eigenvalue weighted by atomic mass is 10.2. The minimum atomic E-state index is -4.42. The zero-order chi connectivity index (χ0) is 23.6. The Morgan fingerprint density at radius 2 is 1.94 bits per heavy atom. The lowest BCUT2D eigenvalue weighted by Gasteiger charge is -2.19. The van der Waals surface area contributed by atoms with Crippen LogP contribution in [0.4, 0.5) is 5.69 Å². The molecule has 0 aromatic heterocycles. The summed E-state index contributed by atoms with van der Waals surface area (Å²) in [4.78, 5) is 27.3. The zero-order valence-electron chi connectivity index (χ0n) is 17.2. The van der Waals surface area contributed by atoms with Crippen molar-refractivity contribution in [3.63, 3.8) is 0 Å². The number of nitrogens with zero attached hydrogens (tertiary/aromatic N) is 3. The number of thiocarbonyl (C=S) groups is 1. The van der Waals surface area contributed by atoms with Crippen LogP contribution in [0.15, 0.2) is 59.6 Å². The molecule has 0 radical (unpaired) electrons. The molecule has 0 aliphatic carbocycles. The fraction of sp³-hybridized carbons (Fsp3) is 0.250. The van der Waals surface area contributed by atoms with E-state index in [-0.39, 0.29) is 17.4 Å². The van der Waals surface area contributed by atoms with Crippen molar-refractivity contribution in [3.8, 4) is 5.75 Å². The number of hydrogen-bond acceptors (Lipinski definition) is 9. The van der Waals surface area contributed by atoms with Crippen molar-refractivity contribution in [3.05, 3.63) is 59.6 Å². The van der Waals surface area contributed by atoms with Gasteiger partial charge in [-0.2, -0.15) is 0 Å². The molecule has 2 aliphatic rings. The first kappa shape index (κ1) is 23.4. The van der Waals surface area contributed by atoms with Gasteiger partial charge in [0.15, 0.2) is 10.9 Å². The topological polar surface area (TPSA) is 133 Å². The Morgan fingerprint density at radius 1 is 1.25 bits per heavy atom. The Morgan fingerprint density at radius 3 is 2.59 bits per heavy atom. The third-order valence-electron chi connectivity index (χ3n) is 4.69. The maximum Gasteiger partial charge on any atom is 0.277 e. The summed E-state index contributed by atoms with van der Waals surface area (Å²) in [6, 6.07) is 6.98. The molecule has 170 valence electrons. The molecule has 0 saturated carbocycles. The van der Waals surface area contributed by atoms with Crippen molar-refractivity contribution in [2.24, 2.45) is 0 Å². The summed E-state index contributed by atoms with van der Waals surface area (Å²) in [5, 5.41) is 10.9. The van der Waals surface area contributed by atoms with Crippen LogP contribution in [0.1, 0.15) is 6.92 Å². The first-order valence-corrected chi connectivity index (χ1v) is 11.3. The third-order valence-corrected chi connectivity index (χ3v) is 5.86. The molecule has 2 heterocycles. The Hall–Kier alpha value is -3.22. The average molecular weight is 478 g/mol. The summed E-state index contributed by atoms with van der Waals surface area (Å²) < 4.78 is 39.1. The molecule has 0 spiro atoms. The molecule has 0 atom stereocenters. The van der Waals surface area contributed by atoms with E-state index in [9.17, 15) is 27.7 Å². The smallest absolute Gasteiger partial charge is 0.277 e. The van der Waals surface area contributed by atoms with Gasteiger partial charge in [0.2, 0.25) is 5.88 Å². The van der Waals surface area contributed by atoms with Gasteiger partial charge in [-0.1, -0.05) is 18.2 Å². The van der Waals surface area contributed by atoms with E-state index in [1.54, 1.807) is 55.3 Å². The van der Waals surface area contributed by atoms with Crippen molar-refractivity contribution < 1.29 is 32.4 Å². The Labute approximate surface area is 190 Å². The SMILES string of the molecule is CC(=C\C=C1/Oc2ccccc2N1CCS(=O)(=O)[O-])/C=C1\C(=O)N(CC(=O)[O-])C(=S)N1C. The highest BCUT2D eigenvalue weighted by Crippen LogP contribution is 2.38. The molecule has 1 aromatic carbocycles. The van der Waals surface area contributed by atoms with Crippen molar-refractivity contribution in [2.45, 2.75) is 6.92 Å². The van der Waals surface area contributed by atoms with Crippen LogP contribution in [0.2, 0.25) is 0 Å². The number of rotatable bonds is 7. The van der Waals surface area contributed by atoms with E-state index in [4.69, 9.17) is 17.0 Å². The van der Waals surface area contributed by atoms with Crippen LogP contribution in [0.5, 0.6) is 5.75 Å².